The lowest BCUT2D eigenvalue weighted by Crippen LogP contribution is -2.32. The molecule has 2 N–H and O–H groups in total. The van der Waals surface area contributed by atoms with Crippen LogP contribution in [-0.2, 0) is 10.2 Å². The molecule has 8 heteroatoms. The monoisotopic (exact) mass is 354 g/mol. The number of hydrogen-bond acceptors (Lipinski definition) is 5. The van der Waals surface area contributed by atoms with Gasteiger partial charge in [-0.05, 0) is 36.6 Å². The van der Waals surface area contributed by atoms with Gasteiger partial charge in [-0.1, -0.05) is 13.8 Å². The summed E-state index contributed by atoms with van der Waals surface area (Å²) in [7, 11) is 0. The van der Waals surface area contributed by atoms with Crippen molar-refractivity contribution in [3.05, 3.63) is 57.9 Å². The van der Waals surface area contributed by atoms with Crippen LogP contribution in [0, 0.1) is 10.1 Å². The fourth-order valence-electron chi connectivity index (χ4n) is 3.35. The lowest BCUT2D eigenvalue weighted by atomic mass is 9.77. The van der Waals surface area contributed by atoms with Gasteiger partial charge in [0.05, 0.1) is 21.6 Å². The highest BCUT2D eigenvalue weighted by atomic mass is 16.6. The predicted molar refractivity (Wildman–Crippen MR) is 96.2 cm³/mol. The zero-order chi connectivity index (χ0) is 18.9. The van der Waals surface area contributed by atoms with Crippen molar-refractivity contribution in [2.75, 3.05) is 10.6 Å². The molecule has 1 aliphatic heterocycles. The maximum absolute atomic E-state index is 12.5. The molecule has 2 aromatic rings. The average Bonchev–Trinajstić information content (AvgIpc) is 2.92. The number of rotatable bonds is 5. The minimum Gasteiger partial charge on any atom is -0.325 e. The number of amides is 2. The Bertz CT molecular complexity index is 892. The van der Waals surface area contributed by atoms with E-state index in [1.54, 1.807) is 12.1 Å². The molecule has 2 amide bonds. The number of aromatic nitrogens is 1. The molecule has 0 radical (unpaired) electrons. The number of benzene rings is 1. The van der Waals surface area contributed by atoms with Gasteiger partial charge in [0, 0.05) is 18.5 Å². The maximum atomic E-state index is 12.5. The standard InChI is InChI=1S/C18H18N4O4/c1-3-18(4-2)12-8-14(20-16(23)11-6-5-7-19-10-11)15(22(25)26)9-13(12)21-17(18)24/h5-10H,3-4H2,1-2H3,(H,20,23)(H,21,24). The molecule has 0 unspecified atom stereocenters. The minimum atomic E-state index is -0.752. The second-order valence-corrected chi connectivity index (χ2v) is 6.11. The lowest BCUT2D eigenvalue weighted by molar-refractivity contribution is -0.383. The average molecular weight is 354 g/mol. The minimum absolute atomic E-state index is 0.0605. The first-order valence-electron chi connectivity index (χ1n) is 8.28. The Morgan fingerprint density at radius 2 is 2.08 bits per heavy atom. The maximum Gasteiger partial charge on any atom is 0.294 e. The van der Waals surface area contributed by atoms with E-state index in [1.165, 1.54) is 24.5 Å². The number of nitrogens with zero attached hydrogens (tertiary/aromatic N) is 2. The summed E-state index contributed by atoms with van der Waals surface area (Å²) >= 11 is 0. The third-order valence-corrected chi connectivity index (χ3v) is 4.91. The van der Waals surface area contributed by atoms with E-state index < -0.39 is 16.2 Å². The molecule has 26 heavy (non-hydrogen) atoms. The van der Waals surface area contributed by atoms with Gasteiger partial charge in [0.1, 0.15) is 5.69 Å². The summed E-state index contributed by atoms with van der Waals surface area (Å²) in [5.41, 5.74) is 0.408. The second kappa shape index (κ2) is 6.55. The van der Waals surface area contributed by atoms with Crippen LogP contribution < -0.4 is 10.6 Å². The van der Waals surface area contributed by atoms with Crippen molar-refractivity contribution in [2.45, 2.75) is 32.1 Å². The van der Waals surface area contributed by atoms with Crippen molar-refractivity contribution >= 4 is 28.9 Å². The molecule has 2 heterocycles. The normalized spacial score (nSPS) is 14.5. The third-order valence-electron chi connectivity index (χ3n) is 4.91. The Morgan fingerprint density at radius 1 is 1.35 bits per heavy atom. The predicted octanol–water partition coefficient (Wildman–Crippen LogP) is 3.25. The number of anilines is 2. The number of nitro benzene ring substituents is 1. The number of pyridine rings is 1. The van der Waals surface area contributed by atoms with Crippen LogP contribution in [0.5, 0.6) is 0 Å². The first-order valence-corrected chi connectivity index (χ1v) is 8.28. The van der Waals surface area contributed by atoms with Crippen LogP contribution in [0.15, 0.2) is 36.7 Å². The molecule has 0 bridgehead atoms. The molecule has 1 aromatic carbocycles. The van der Waals surface area contributed by atoms with Crippen LogP contribution in [-0.4, -0.2) is 21.7 Å². The van der Waals surface area contributed by atoms with Crippen molar-refractivity contribution in [1.82, 2.24) is 4.98 Å². The zero-order valence-electron chi connectivity index (χ0n) is 14.4. The smallest absolute Gasteiger partial charge is 0.294 e. The van der Waals surface area contributed by atoms with Crippen molar-refractivity contribution in [1.29, 1.82) is 0 Å². The molecular weight excluding hydrogens is 336 g/mol. The SMILES string of the molecule is CCC1(CC)C(=O)Nc2cc([N+](=O)[O-])c(NC(=O)c3cccnc3)cc21. The van der Waals surface area contributed by atoms with E-state index in [1.807, 2.05) is 13.8 Å². The summed E-state index contributed by atoms with van der Waals surface area (Å²) in [6.07, 6.45) is 4.01. The summed E-state index contributed by atoms with van der Waals surface area (Å²) in [5, 5.41) is 16.8. The molecule has 0 saturated carbocycles. The van der Waals surface area contributed by atoms with E-state index in [0.29, 0.717) is 24.1 Å². The lowest BCUT2D eigenvalue weighted by Gasteiger charge is -2.24. The topological polar surface area (TPSA) is 114 Å². The number of nitro groups is 1. The first kappa shape index (κ1) is 17.5. The van der Waals surface area contributed by atoms with E-state index in [-0.39, 0.29) is 22.8 Å². The Hall–Kier alpha value is -3.29. The Balaban J connectivity index is 2.08. The van der Waals surface area contributed by atoms with E-state index in [2.05, 4.69) is 15.6 Å². The molecule has 0 saturated heterocycles. The van der Waals surface area contributed by atoms with Gasteiger partial charge in [0.2, 0.25) is 5.91 Å². The molecule has 8 nitrogen and oxygen atoms in total. The van der Waals surface area contributed by atoms with E-state index in [4.69, 9.17) is 0 Å². The van der Waals surface area contributed by atoms with E-state index in [9.17, 15) is 19.7 Å². The fourth-order valence-corrected chi connectivity index (χ4v) is 3.35. The molecule has 0 aliphatic carbocycles. The highest BCUT2D eigenvalue weighted by Crippen LogP contribution is 2.46. The number of carbonyl (C=O) groups is 2. The summed E-state index contributed by atoms with van der Waals surface area (Å²) in [5.74, 6) is -0.681. The summed E-state index contributed by atoms with van der Waals surface area (Å²) in [6.45, 7) is 3.79. The molecular formula is C18H18N4O4. The number of hydrogen-bond donors (Lipinski definition) is 2. The van der Waals surface area contributed by atoms with Gasteiger partial charge >= 0.3 is 0 Å². The molecule has 0 spiro atoms. The van der Waals surface area contributed by atoms with Crippen molar-refractivity contribution < 1.29 is 14.5 Å². The van der Waals surface area contributed by atoms with Crippen molar-refractivity contribution in [2.24, 2.45) is 0 Å². The van der Waals surface area contributed by atoms with Gasteiger partial charge in [0.15, 0.2) is 0 Å². The van der Waals surface area contributed by atoms with Crippen LogP contribution in [0.4, 0.5) is 17.1 Å². The largest absolute Gasteiger partial charge is 0.325 e. The summed E-state index contributed by atoms with van der Waals surface area (Å²) < 4.78 is 0. The Labute approximate surface area is 149 Å². The van der Waals surface area contributed by atoms with E-state index >= 15 is 0 Å². The van der Waals surface area contributed by atoms with Gasteiger partial charge in [-0.25, -0.2) is 0 Å². The van der Waals surface area contributed by atoms with E-state index in [0.717, 1.165) is 0 Å². The van der Waals surface area contributed by atoms with Crippen LogP contribution >= 0.6 is 0 Å². The van der Waals surface area contributed by atoms with Crippen molar-refractivity contribution in [3.63, 3.8) is 0 Å². The zero-order valence-corrected chi connectivity index (χ0v) is 14.4. The highest BCUT2D eigenvalue weighted by Gasteiger charge is 2.45. The number of carbonyl (C=O) groups excluding carboxylic acids is 2. The summed E-state index contributed by atoms with van der Waals surface area (Å²) in [6, 6.07) is 6.01. The van der Waals surface area contributed by atoms with Gasteiger partial charge in [-0.3, -0.25) is 24.7 Å². The number of fused-ring (bicyclic) bond motifs is 1. The molecule has 0 atom stereocenters. The van der Waals surface area contributed by atoms with Crippen LogP contribution in [0.1, 0.15) is 42.6 Å². The van der Waals surface area contributed by atoms with Gasteiger partial charge in [-0.15, -0.1) is 0 Å². The second-order valence-electron chi connectivity index (χ2n) is 6.11. The molecule has 1 aliphatic rings. The number of nitrogens with one attached hydrogen (secondary N) is 2. The Kier molecular flexibility index (Phi) is 4.41. The highest BCUT2D eigenvalue weighted by molar-refractivity contribution is 6.09. The van der Waals surface area contributed by atoms with Gasteiger partial charge in [-0.2, -0.15) is 0 Å². The third kappa shape index (κ3) is 2.69. The first-order chi connectivity index (χ1) is 12.4. The molecule has 1 aromatic heterocycles. The quantitative estimate of drug-likeness (QED) is 0.632. The van der Waals surface area contributed by atoms with Gasteiger partial charge in [0.25, 0.3) is 11.6 Å². The van der Waals surface area contributed by atoms with Crippen molar-refractivity contribution in [3.8, 4) is 0 Å². The molecule has 0 fully saturated rings. The molecule has 3 rings (SSSR count). The molecule has 134 valence electrons. The van der Waals surface area contributed by atoms with Crippen LogP contribution in [0.25, 0.3) is 0 Å². The summed E-state index contributed by atoms with van der Waals surface area (Å²) in [4.78, 5) is 39.6. The van der Waals surface area contributed by atoms with Crippen LogP contribution in [0.3, 0.4) is 0 Å². The van der Waals surface area contributed by atoms with Crippen LogP contribution in [0.2, 0.25) is 0 Å². The Morgan fingerprint density at radius 3 is 2.65 bits per heavy atom. The fraction of sp³-hybridized carbons (Fsp3) is 0.278. The van der Waals surface area contributed by atoms with Gasteiger partial charge < -0.3 is 10.6 Å².